The van der Waals surface area contributed by atoms with Gasteiger partial charge in [-0.3, -0.25) is 0 Å². The summed E-state index contributed by atoms with van der Waals surface area (Å²) < 4.78 is 0. The van der Waals surface area contributed by atoms with Crippen molar-refractivity contribution in [1.82, 2.24) is 10.6 Å². The molecule has 2 amide bonds. The van der Waals surface area contributed by atoms with Crippen LogP contribution in [0.15, 0.2) is 24.3 Å². The van der Waals surface area contributed by atoms with Gasteiger partial charge < -0.3 is 16.0 Å². The lowest BCUT2D eigenvalue weighted by Gasteiger charge is -2.12. The average Bonchev–Trinajstić information content (AvgIpc) is 3.16. The Morgan fingerprint density at radius 1 is 1.35 bits per heavy atom. The van der Waals surface area contributed by atoms with Crippen LogP contribution in [0, 0.1) is 5.92 Å². The van der Waals surface area contributed by atoms with Crippen LogP contribution in [0.3, 0.4) is 0 Å². The van der Waals surface area contributed by atoms with Crippen molar-refractivity contribution in [3.63, 3.8) is 0 Å². The summed E-state index contributed by atoms with van der Waals surface area (Å²) in [4.78, 5) is 11.9. The van der Waals surface area contributed by atoms with Gasteiger partial charge in [-0.2, -0.15) is 0 Å². The number of carbonyl (C=O) groups is 1. The summed E-state index contributed by atoms with van der Waals surface area (Å²) in [7, 11) is 1.94. The number of benzene rings is 1. The molecule has 0 radical (unpaired) electrons. The van der Waals surface area contributed by atoms with E-state index in [1.165, 1.54) is 18.4 Å². The Morgan fingerprint density at radius 3 is 2.65 bits per heavy atom. The van der Waals surface area contributed by atoms with E-state index in [9.17, 15) is 4.79 Å². The second-order valence-electron chi connectivity index (χ2n) is 5.62. The maximum atomic E-state index is 11.9. The van der Waals surface area contributed by atoms with Gasteiger partial charge in [0.2, 0.25) is 0 Å². The first-order valence-corrected chi connectivity index (χ1v) is 7.48. The van der Waals surface area contributed by atoms with Crippen molar-refractivity contribution in [2.24, 2.45) is 5.92 Å². The lowest BCUT2D eigenvalue weighted by Crippen LogP contribution is -2.31. The minimum atomic E-state index is -0.0944. The topological polar surface area (TPSA) is 53.2 Å². The number of amides is 2. The summed E-state index contributed by atoms with van der Waals surface area (Å²) in [6.45, 7) is 4.29. The highest BCUT2D eigenvalue weighted by molar-refractivity contribution is 5.89. The summed E-state index contributed by atoms with van der Waals surface area (Å²) in [5.41, 5.74) is 2.05. The molecule has 0 heterocycles. The van der Waals surface area contributed by atoms with Crippen molar-refractivity contribution in [1.29, 1.82) is 0 Å². The summed E-state index contributed by atoms with van der Waals surface area (Å²) in [6.07, 6.45) is 3.52. The molecule has 1 aromatic carbocycles. The van der Waals surface area contributed by atoms with E-state index in [1.807, 2.05) is 31.3 Å². The number of urea groups is 1. The Balaban J connectivity index is 1.80. The highest BCUT2D eigenvalue weighted by Crippen LogP contribution is 2.34. The van der Waals surface area contributed by atoms with Crippen LogP contribution in [-0.2, 0) is 0 Å². The lowest BCUT2D eigenvalue weighted by atomic mass is 10.1. The van der Waals surface area contributed by atoms with Crippen LogP contribution >= 0.6 is 0 Å². The monoisotopic (exact) mass is 275 g/mol. The van der Waals surface area contributed by atoms with E-state index in [4.69, 9.17) is 0 Å². The van der Waals surface area contributed by atoms with Gasteiger partial charge in [0.15, 0.2) is 0 Å². The van der Waals surface area contributed by atoms with E-state index in [-0.39, 0.29) is 6.03 Å². The Morgan fingerprint density at radius 2 is 2.05 bits per heavy atom. The molecule has 0 saturated heterocycles. The van der Waals surface area contributed by atoms with Crippen LogP contribution < -0.4 is 16.0 Å². The van der Waals surface area contributed by atoms with E-state index < -0.39 is 0 Å². The van der Waals surface area contributed by atoms with E-state index in [0.717, 1.165) is 12.1 Å². The normalized spacial score (nSPS) is 22.1. The number of hydrogen-bond acceptors (Lipinski definition) is 2. The Labute approximate surface area is 121 Å². The second-order valence-corrected chi connectivity index (χ2v) is 5.62. The van der Waals surface area contributed by atoms with E-state index >= 15 is 0 Å². The maximum absolute atomic E-state index is 11.9. The lowest BCUT2D eigenvalue weighted by molar-refractivity contribution is 0.251. The van der Waals surface area contributed by atoms with Crippen molar-refractivity contribution in [2.75, 3.05) is 12.4 Å². The fraction of sp³-hybridized carbons (Fsp3) is 0.562. The van der Waals surface area contributed by atoms with Gasteiger partial charge in [0.25, 0.3) is 0 Å². The third-order valence-electron chi connectivity index (χ3n) is 4.00. The molecule has 1 aliphatic rings. The Bertz CT molecular complexity index is 444. The molecular formula is C16H25N3O. The van der Waals surface area contributed by atoms with Crippen LogP contribution in [0.25, 0.3) is 0 Å². The fourth-order valence-electron chi connectivity index (χ4n) is 2.47. The van der Waals surface area contributed by atoms with Crippen molar-refractivity contribution < 1.29 is 4.79 Å². The number of carbonyl (C=O) groups excluding carboxylic acids is 1. The molecule has 3 atom stereocenters. The number of hydrogen-bond donors (Lipinski definition) is 3. The van der Waals surface area contributed by atoms with Gasteiger partial charge in [0, 0.05) is 17.8 Å². The molecule has 3 N–H and O–H groups in total. The summed E-state index contributed by atoms with van der Waals surface area (Å²) in [5.74, 6) is 0.685. The number of rotatable bonds is 6. The molecule has 4 heteroatoms. The molecule has 20 heavy (non-hydrogen) atoms. The highest BCUT2D eigenvalue weighted by Gasteiger charge is 2.37. The van der Waals surface area contributed by atoms with Crippen LogP contribution in [0.2, 0.25) is 0 Å². The molecule has 1 saturated carbocycles. The Hall–Kier alpha value is -1.55. The van der Waals surface area contributed by atoms with Crippen molar-refractivity contribution in [2.45, 2.75) is 45.2 Å². The van der Waals surface area contributed by atoms with Crippen LogP contribution in [0.1, 0.15) is 44.7 Å². The third kappa shape index (κ3) is 3.97. The van der Waals surface area contributed by atoms with Crippen molar-refractivity contribution in [3.05, 3.63) is 29.8 Å². The minimum absolute atomic E-state index is 0.0944. The molecule has 3 unspecified atom stereocenters. The number of nitrogens with one attached hydrogen (secondary N) is 3. The standard InChI is InChI=1S/C16H25N3O/c1-4-5-13-10-15(13)19-16(20)18-14-8-6-12(7-9-14)11(2)17-3/h6-9,11,13,15,17H,4-5,10H2,1-3H3,(H2,18,19,20). The maximum Gasteiger partial charge on any atom is 0.319 e. The fourth-order valence-corrected chi connectivity index (χ4v) is 2.47. The van der Waals surface area contributed by atoms with Gasteiger partial charge in [-0.1, -0.05) is 25.5 Å². The van der Waals surface area contributed by atoms with Crippen LogP contribution in [0.4, 0.5) is 10.5 Å². The molecule has 0 bridgehead atoms. The van der Waals surface area contributed by atoms with Gasteiger partial charge in [0.05, 0.1) is 0 Å². The molecule has 1 aromatic rings. The molecule has 4 nitrogen and oxygen atoms in total. The molecule has 0 aliphatic heterocycles. The molecule has 0 aromatic heterocycles. The van der Waals surface area contributed by atoms with Gasteiger partial charge >= 0.3 is 6.03 Å². The summed E-state index contributed by atoms with van der Waals surface area (Å²) >= 11 is 0. The van der Waals surface area contributed by atoms with Gasteiger partial charge in [-0.05, 0) is 50.4 Å². The van der Waals surface area contributed by atoms with Crippen molar-refractivity contribution in [3.8, 4) is 0 Å². The average molecular weight is 275 g/mol. The first kappa shape index (κ1) is 14.9. The zero-order chi connectivity index (χ0) is 14.5. The zero-order valence-corrected chi connectivity index (χ0v) is 12.6. The van der Waals surface area contributed by atoms with Crippen LogP contribution in [0.5, 0.6) is 0 Å². The molecule has 110 valence electrons. The first-order valence-electron chi connectivity index (χ1n) is 7.48. The predicted octanol–water partition coefficient (Wildman–Crippen LogP) is 3.28. The van der Waals surface area contributed by atoms with E-state index in [0.29, 0.717) is 18.0 Å². The van der Waals surface area contributed by atoms with Gasteiger partial charge in [-0.25, -0.2) is 4.79 Å². The summed E-state index contributed by atoms with van der Waals surface area (Å²) in [5, 5.41) is 9.11. The number of anilines is 1. The molecule has 0 spiro atoms. The predicted molar refractivity (Wildman–Crippen MR) is 82.9 cm³/mol. The van der Waals surface area contributed by atoms with E-state index in [2.05, 4.69) is 29.8 Å². The second kappa shape index (κ2) is 6.75. The highest BCUT2D eigenvalue weighted by atomic mass is 16.2. The molecule has 2 rings (SSSR count). The Kier molecular flexibility index (Phi) is 5.01. The van der Waals surface area contributed by atoms with Gasteiger partial charge in [-0.15, -0.1) is 0 Å². The minimum Gasteiger partial charge on any atom is -0.335 e. The summed E-state index contributed by atoms with van der Waals surface area (Å²) in [6, 6.07) is 8.56. The first-order chi connectivity index (χ1) is 9.63. The van der Waals surface area contributed by atoms with Gasteiger partial charge in [0.1, 0.15) is 0 Å². The molecule has 1 aliphatic carbocycles. The largest absolute Gasteiger partial charge is 0.335 e. The third-order valence-corrected chi connectivity index (χ3v) is 4.00. The van der Waals surface area contributed by atoms with E-state index in [1.54, 1.807) is 0 Å². The molecular weight excluding hydrogens is 250 g/mol. The molecule has 1 fully saturated rings. The zero-order valence-electron chi connectivity index (χ0n) is 12.6. The van der Waals surface area contributed by atoms with Crippen LogP contribution in [-0.4, -0.2) is 19.1 Å². The smallest absolute Gasteiger partial charge is 0.319 e. The quantitative estimate of drug-likeness (QED) is 0.746. The van der Waals surface area contributed by atoms with Crippen molar-refractivity contribution >= 4 is 11.7 Å². The SMILES string of the molecule is CCCC1CC1NC(=O)Nc1ccc(C(C)NC)cc1.